The van der Waals surface area contributed by atoms with E-state index in [-0.39, 0.29) is 5.82 Å². The standard InChI is InChI=1S/C15H11FN4/c1-3-10-7-17-8-13(12(10)4-2)15-18-14-6-5-11(16)9-20(14)19-15/h3-9H,1-2H2. The summed E-state index contributed by atoms with van der Waals surface area (Å²) in [6, 6.07) is 2.92. The molecule has 0 aliphatic heterocycles. The summed E-state index contributed by atoms with van der Waals surface area (Å²) in [5, 5.41) is 4.27. The van der Waals surface area contributed by atoms with E-state index in [0.29, 0.717) is 11.5 Å². The molecule has 0 spiro atoms. The molecule has 98 valence electrons. The molecule has 0 N–H and O–H groups in total. The van der Waals surface area contributed by atoms with Crippen molar-refractivity contribution in [3.8, 4) is 11.4 Å². The highest BCUT2D eigenvalue weighted by Crippen LogP contribution is 2.24. The highest BCUT2D eigenvalue weighted by Gasteiger charge is 2.12. The summed E-state index contributed by atoms with van der Waals surface area (Å²) in [7, 11) is 0. The van der Waals surface area contributed by atoms with E-state index in [1.807, 2.05) is 0 Å². The second-order valence-corrected chi connectivity index (χ2v) is 4.18. The molecule has 0 saturated heterocycles. The van der Waals surface area contributed by atoms with E-state index in [1.165, 1.54) is 16.8 Å². The van der Waals surface area contributed by atoms with E-state index >= 15 is 0 Å². The van der Waals surface area contributed by atoms with Crippen LogP contribution in [0.25, 0.3) is 29.2 Å². The number of nitrogens with zero attached hydrogens (tertiary/aromatic N) is 4. The highest BCUT2D eigenvalue weighted by atomic mass is 19.1. The summed E-state index contributed by atoms with van der Waals surface area (Å²) in [4.78, 5) is 8.52. The molecule has 0 atom stereocenters. The van der Waals surface area contributed by atoms with Crippen molar-refractivity contribution >= 4 is 17.8 Å². The van der Waals surface area contributed by atoms with Gasteiger partial charge in [-0.2, -0.15) is 0 Å². The molecule has 4 nitrogen and oxygen atoms in total. The summed E-state index contributed by atoms with van der Waals surface area (Å²) in [6.07, 6.45) is 8.05. The topological polar surface area (TPSA) is 43.1 Å². The minimum Gasteiger partial charge on any atom is -0.263 e. The van der Waals surface area contributed by atoms with Crippen LogP contribution in [-0.2, 0) is 0 Å². The van der Waals surface area contributed by atoms with Crippen LogP contribution in [0.3, 0.4) is 0 Å². The summed E-state index contributed by atoms with van der Waals surface area (Å²) in [5.41, 5.74) is 3.01. The Bertz CT molecular complexity index is 820. The van der Waals surface area contributed by atoms with E-state index in [1.54, 1.807) is 30.6 Å². The van der Waals surface area contributed by atoms with Gasteiger partial charge in [-0.3, -0.25) is 4.98 Å². The van der Waals surface area contributed by atoms with Gasteiger partial charge in [-0.05, 0) is 17.7 Å². The highest BCUT2D eigenvalue weighted by molar-refractivity contribution is 5.76. The molecular formula is C15H11FN4. The average Bonchev–Trinajstić information content (AvgIpc) is 2.88. The number of hydrogen-bond donors (Lipinski definition) is 0. The second kappa shape index (κ2) is 4.70. The van der Waals surface area contributed by atoms with Gasteiger partial charge in [-0.25, -0.2) is 13.9 Å². The van der Waals surface area contributed by atoms with Crippen molar-refractivity contribution in [1.82, 2.24) is 19.6 Å². The Morgan fingerprint density at radius 2 is 2.00 bits per heavy atom. The molecule has 5 heteroatoms. The van der Waals surface area contributed by atoms with Gasteiger partial charge in [0.05, 0.1) is 6.20 Å². The van der Waals surface area contributed by atoms with Crippen LogP contribution in [0, 0.1) is 5.82 Å². The molecule has 3 aromatic heterocycles. The predicted octanol–water partition coefficient (Wildman–Crippen LogP) is 3.22. The zero-order valence-corrected chi connectivity index (χ0v) is 10.6. The largest absolute Gasteiger partial charge is 0.263 e. The summed E-state index contributed by atoms with van der Waals surface area (Å²) < 4.78 is 14.6. The molecule has 0 aromatic carbocycles. The van der Waals surface area contributed by atoms with Crippen molar-refractivity contribution in [2.45, 2.75) is 0 Å². The maximum atomic E-state index is 13.2. The number of aromatic nitrogens is 4. The number of hydrogen-bond acceptors (Lipinski definition) is 3. The smallest absolute Gasteiger partial charge is 0.184 e. The lowest BCUT2D eigenvalue weighted by Gasteiger charge is -2.04. The van der Waals surface area contributed by atoms with Gasteiger partial charge in [-0.1, -0.05) is 25.3 Å². The fourth-order valence-electron chi connectivity index (χ4n) is 2.03. The van der Waals surface area contributed by atoms with Gasteiger partial charge in [0.15, 0.2) is 11.5 Å². The van der Waals surface area contributed by atoms with E-state index in [0.717, 1.165) is 16.7 Å². The molecule has 0 amide bonds. The Morgan fingerprint density at radius 3 is 2.75 bits per heavy atom. The van der Waals surface area contributed by atoms with Crippen LogP contribution in [0.4, 0.5) is 4.39 Å². The van der Waals surface area contributed by atoms with Crippen LogP contribution < -0.4 is 0 Å². The van der Waals surface area contributed by atoms with Crippen LogP contribution in [0.1, 0.15) is 11.1 Å². The zero-order valence-electron chi connectivity index (χ0n) is 10.6. The second-order valence-electron chi connectivity index (χ2n) is 4.18. The van der Waals surface area contributed by atoms with Gasteiger partial charge in [0.2, 0.25) is 0 Å². The van der Waals surface area contributed by atoms with Crippen molar-refractivity contribution in [1.29, 1.82) is 0 Å². The summed E-state index contributed by atoms with van der Waals surface area (Å²) >= 11 is 0. The zero-order chi connectivity index (χ0) is 14.1. The molecule has 0 aliphatic rings. The van der Waals surface area contributed by atoms with Crippen molar-refractivity contribution in [3.63, 3.8) is 0 Å². The lowest BCUT2D eigenvalue weighted by Crippen LogP contribution is -1.92. The molecule has 0 radical (unpaired) electrons. The maximum absolute atomic E-state index is 13.2. The molecule has 3 heterocycles. The third-order valence-electron chi connectivity index (χ3n) is 2.98. The molecule has 3 aromatic rings. The van der Waals surface area contributed by atoms with Crippen LogP contribution in [0.5, 0.6) is 0 Å². The molecular weight excluding hydrogens is 255 g/mol. The summed E-state index contributed by atoms with van der Waals surface area (Å²) in [6.45, 7) is 7.54. The van der Waals surface area contributed by atoms with Gasteiger partial charge in [0, 0.05) is 23.5 Å². The number of rotatable bonds is 3. The van der Waals surface area contributed by atoms with E-state index < -0.39 is 0 Å². The molecule has 0 aliphatic carbocycles. The molecule has 20 heavy (non-hydrogen) atoms. The fourth-order valence-corrected chi connectivity index (χ4v) is 2.03. The SMILES string of the molecule is C=Cc1cncc(-c2nc3ccc(F)cn3n2)c1C=C. The van der Waals surface area contributed by atoms with Crippen LogP contribution >= 0.6 is 0 Å². The van der Waals surface area contributed by atoms with Crippen LogP contribution in [-0.4, -0.2) is 19.6 Å². The number of fused-ring (bicyclic) bond motifs is 1. The van der Waals surface area contributed by atoms with Gasteiger partial charge >= 0.3 is 0 Å². The first-order valence-electron chi connectivity index (χ1n) is 5.98. The molecule has 0 fully saturated rings. The molecule has 3 rings (SSSR count). The Kier molecular flexibility index (Phi) is 2.87. The first-order chi connectivity index (χ1) is 9.72. The third-order valence-corrected chi connectivity index (χ3v) is 2.98. The Balaban J connectivity index is 2.25. The lowest BCUT2D eigenvalue weighted by molar-refractivity contribution is 0.615. The van der Waals surface area contributed by atoms with E-state index in [4.69, 9.17) is 0 Å². The quantitative estimate of drug-likeness (QED) is 0.731. The minimum absolute atomic E-state index is 0.365. The van der Waals surface area contributed by atoms with Gasteiger partial charge < -0.3 is 0 Å². The first kappa shape index (κ1) is 12.2. The Labute approximate surface area is 114 Å². The Morgan fingerprint density at radius 1 is 1.15 bits per heavy atom. The fraction of sp³-hybridized carbons (Fsp3) is 0. The Hall–Kier alpha value is -2.82. The first-order valence-corrected chi connectivity index (χ1v) is 5.98. The number of halogens is 1. The normalized spacial score (nSPS) is 10.7. The maximum Gasteiger partial charge on any atom is 0.184 e. The van der Waals surface area contributed by atoms with E-state index in [2.05, 4.69) is 28.2 Å². The van der Waals surface area contributed by atoms with Crippen molar-refractivity contribution in [2.24, 2.45) is 0 Å². The average molecular weight is 266 g/mol. The van der Waals surface area contributed by atoms with E-state index in [9.17, 15) is 4.39 Å². The van der Waals surface area contributed by atoms with Crippen LogP contribution in [0.15, 0.2) is 43.9 Å². The lowest BCUT2D eigenvalue weighted by atomic mass is 10.0. The van der Waals surface area contributed by atoms with Crippen molar-refractivity contribution in [2.75, 3.05) is 0 Å². The molecule has 0 unspecified atom stereocenters. The monoisotopic (exact) mass is 266 g/mol. The predicted molar refractivity (Wildman–Crippen MR) is 76.4 cm³/mol. The minimum atomic E-state index is -0.365. The molecule has 0 bridgehead atoms. The van der Waals surface area contributed by atoms with Gasteiger partial charge in [0.25, 0.3) is 0 Å². The van der Waals surface area contributed by atoms with Gasteiger partial charge in [0.1, 0.15) is 5.82 Å². The van der Waals surface area contributed by atoms with Crippen molar-refractivity contribution < 1.29 is 4.39 Å². The summed E-state index contributed by atoms with van der Waals surface area (Å²) in [5.74, 6) is 0.109. The third kappa shape index (κ3) is 1.89. The van der Waals surface area contributed by atoms with Crippen molar-refractivity contribution in [3.05, 3.63) is 60.8 Å². The van der Waals surface area contributed by atoms with Gasteiger partial charge in [-0.15, -0.1) is 5.10 Å². The molecule has 0 saturated carbocycles. The number of pyridine rings is 2. The van der Waals surface area contributed by atoms with Crippen LogP contribution in [0.2, 0.25) is 0 Å².